The Morgan fingerprint density at radius 3 is 2.90 bits per heavy atom. The van der Waals surface area contributed by atoms with Gasteiger partial charge in [0.1, 0.15) is 11.8 Å². The van der Waals surface area contributed by atoms with Crippen LogP contribution in [0.4, 0.5) is 0 Å². The third kappa shape index (κ3) is 1.84. The Balaban J connectivity index is 1.90. The standard InChI is InChI=1S/C13H9N7O/c21-12-11-10(20-13(18-17-11)15-8-16-20)4-6-19(12)7-9-3-1-2-5-14-9/h1-6,8H,7H2. The van der Waals surface area contributed by atoms with Crippen LogP contribution in [0.5, 0.6) is 0 Å². The largest absolute Gasteiger partial charge is 0.307 e. The van der Waals surface area contributed by atoms with Crippen LogP contribution in [-0.4, -0.2) is 34.3 Å². The second-order valence-electron chi connectivity index (χ2n) is 4.48. The van der Waals surface area contributed by atoms with E-state index in [0.717, 1.165) is 5.69 Å². The lowest BCUT2D eigenvalue weighted by molar-refractivity contribution is 0.741. The molecule has 0 fully saturated rings. The first-order valence-corrected chi connectivity index (χ1v) is 6.28. The van der Waals surface area contributed by atoms with E-state index in [4.69, 9.17) is 0 Å². The molecule has 0 atom stereocenters. The van der Waals surface area contributed by atoms with Crippen LogP contribution in [0.25, 0.3) is 16.8 Å². The van der Waals surface area contributed by atoms with Crippen LogP contribution in [0.2, 0.25) is 0 Å². The number of hydrogen-bond donors (Lipinski definition) is 0. The summed E-state index contributed by atoms with van der Waals surface area (Å²) in [5.41, 5.74) is 1.41. The number of rotatable bonds is 2. The van der Waals surface area contributed by atoms with Gasteiger partial charge in [-0.25, -0.2) is 0 Å². The zero-order valence-electron chi connectivity index (χ0n) is 10.8. The summed E-state index contributed by atoms with van der Waals surface area (Å²) >= 11 is 0. The summed E-state index contributed by atoms with van der Waals surface area (Å²) in [6.07, 6.45) is 4.77. The van der Waals surface area contributed by atoms with Gasteiger partial charge in [-0.15, -0.1) is 10.2 Å². The second kappa shape index (κ2) is 4.44. The number of hydrogen-bond acceptors (Lipinski definition) is 6. The predicted octanol–water partition coefficient (Wildman–Crippen LogP) is 0.277. The van der Waals surface area contributed by atoms with Crippen LogP contribution in [0.3, 0.4) is 0 Å². The maximum atomic E-state index is 12.5. The van der Waals surface area contributed by atoms with Crippen LogP contribution < -0.4 is 5.56 Å². The molecule has 0 unspecified atom stereocenters. The summed E-state index contributed by atoms with van der Waals surface area (Å²) in [6.45, 7) is 0.382. The molecule has 0 spiro atoms. The molecule has 0 saturated heterocycles. The fourth-order valence-corrected chi connectivity index (χ4v) is 2.18. The maximum Gasteiger partial charge on any atom is 0.280 e. The Morgan fingerprint density at radius 1 is 1.10 bits per heavy atom. The van der Waals surface area contributed by atoms with Crippen LogP contribution in [0.15, 0.2) is 47.8 Å². The molecule has 0 aromatic carbocycles. The summed E-state index contributed by atoms with van der Waals surface area (Å²) in [5.74, 6) is 0.365. The van der Waals surface area contributed by atoms with Crippen molar-refractivity contribution in [1.29, 1.82) is 0 Å². The van der Waals surface area contributed by atoms with E-state index in [2.05, 4.69) is 25.3 Å². The van der Waals surface area contributed by atoms with Crippen molar-refractivity contribution in [2.75, 3.05) is 0 Å². The maximum absolute atomic E-state index is 12.5. The monoisotopic (exact) mass is 279 g/mol. The van der Waals surface area contributed by atoms with Crippen molar-refractivity contribution in [2.24, 2.45) is 0 Å². The molecular weight excluding hydrogens is 270 g/mol. The van der Waals surface area contributed by atoms with E-state index in [1.807, 2.05) is 18.2 Å². The van der Waals surface area contributed by atoms with Gasteiger partial charge in [-0.3, -0.25) is 9.78 Å². The van der Waals surface area contributed by atoms with E-state index in [0.29, 0.717) is 17.8 Å². The smallest absolute Gasteiger partial charge is 0.280 e. The fraction of sp³-hybridized carbons (Fsp3) is 0.0769. The first kappa shape index (κ1) is 11.6. The Morgan fingerprint density at radius 2 is 2.05 bits per heavy atom. The molecule has 4 aromatic heterocycles. The number of pyridine rings is 2. The lowest BCUT2D eigenvalue weighted by Crippen LogP contribution is -2.22. The van der Waals surface area contributed by atoms with Crippen molar-refractivity contribution in [2.45, 2.75) is 6.54 Å². The average molecular weight is 279 g/mol. The van der Waals surface area contributed by atoms with E-state index in [-0.39, 0.29) is 11.1 Å². The number of aromatic nitrogens is 7. The average Bonchev–Trinajstić information content (AvgIpc) is 3.00. The Bertz CT molecular complexity index is 990. The highest BCUT2D eigenvalue weighted by Crippen LogP contribution is 2.07. The quantitative estimate of drug-likeness (QED) is 0.523. The zero-order chi connectivity index (χ0) is 14.2. The molecule has 0 N–H and O–H groups in total. The van der Waals surface area contributed by atoms with Crippen molar-refractivity contribution in [3.63, 3.8) is 0 Å². The van der Waals surface area contributed by atoms with Gasteiger partial charge < -0.3 is 4.57 Å². The topological polar surface area (TPSA) is 90.9 Å². The van der Waals surface area contributed by atoms with Gasteiger partial charge in [0.05, 0.1) is 12.2 Å². The van der Waals surface area contributed by atoms with Crippen LogP contribution in [0.1, 0.15) is 5.69 Å². The van der Waals surface area contributed by atoms with Gasteiger partial charge in [0.15, 0.2) is 5.52 Å². The third-order valence-electron chi connectivity index (χ3n) is 3.17. The van der Waals surface area contributed by atoms with Crippen LogP contribution >= 0.6 is 0 Å². The van der Waals surface area contributed by atoms with Gasteiger partial charge in [-0.2, -0.15) is 14.6 Å². The SMILES string of the molecule is O=c1c2nnc3ncnn3c2ccn1Cc1ccccn1. The molecule has 4 heterocycles. The molecule has 102 valence electrons. The number of fused-ring (bicyclic) bond motifs is 3. The fourth-order valence-electron chi connectivity index (χ4n) is 2.18. The molecule has 0 saturated carbocycles. The van der Waals surface area contributed by atoms with Gasteiger partial charge >= 0.3 is 0 Å². The Hall–Kier alpha value is -3.16. The minimum absolute atomic E-state index is 0.233. The van der Waals surface area contributed by atoms with Crippen molar-refractivity contribution < 1.29 is 0 Å². The minimum atomic E-state index is -0.233. The highest BCUT2D eigenvalue weighted by Gasteiger charge is 2.10. The van der Waals surface area contributed by atoms with Gasteiger partial charge in [0.2, 0.25) is 0 Å². The first-order valence-electron chi connectivity index (χ1n) is 6.28. The van der Waals surface area contributed by atoms with Gasteiger partial charge in [0.25, 0.3) is 11.3 Å². The van der Waals surface area contributed by atoms with E-state index in [1.165, 1.54) is 10.8 Å². The molecule has 0 aliphatic carbocycles. The number of nitrogens with zero attached hydrogens (tertiary/aromatic N) is 7. The molecule has 4 aromatic rings. The second-order valence-corrected chi connectivity index (χ2v) is 4.48. The van der Waals surface area contributed by atoms with E-state index in [1.54, 1.807) is 23.0 Å². The van der Waals surface area contributed by atoms with E-state index >= 15 is 0 Å². The van der Waals surface area contributed by atoms with Crippen molar-refractivity contribution in [3.8, 4) is 0 Å². The van der Waals surface area contributed by atoms with Crippen molar-refractivity contribution in [3.05, 3.63) is 59.0 Å². The summed E-state index contributed by atoms with van der Waals surface area (Å²) in [6, 6.07) is 7.35. The van der Waals surface area contributed by atoms with Gasteiger partial charge in [-0.05, 0) is 18.2 Å². The zero-order valence-corrected chi connectivity index (χ0v) is 10.8. The molecule has 8 nitrogen and oxygen atoms in total. The molecule has 0 aliphatic heterocycles. The third-order valence-corrected chi connectivity index (χ3v) is 3.17. The Kier molecular flexibility index (Phi) is 2.46. The van der Waals surface area contributed by atoms with Crippen molar-refractivity contribution in [1.82, 2.24) is 34.3 Å². The van der Waals surface area contributed by atoms with E-state index < -0.39 is 0 Å². The lowest BCUT2D eigenvalue weighted by atomic mass is 10.3. The summed E-state index contributed by atoms with van der Waals surface area (Å²) in [5, 5.41) is 11.9. The highest BCUT2D eigenvalue weighted by atomic mass is 16.1. The minimum Gasteiger partial charge on any atom is -0.307 e. The molecule has 4 rings (SSSR count). The van der Waals surface area contributed by atoms with Crippen molar-refractivity contribution >= 4 is 16.8 Å². The van der Waals surface area contributed by atoms with Gasteiger partial charge in [-0.1, -0.05) is 6.07 Å². The predicted molar refractivity (Wildman–Crippen MR) is 73.7 cm³/mol. The van der Waals surface area contributed by atoms with Crippen LogP contribution in [-0.2, 0) is 6.54 Å². The normalized spacial score (nSPS) is 11.2. The summed E-state index contributed by atoms with van der Waals surface area (Å²) < 4.78 is 3.04. The lowest BCUT2D eigenvalue weighted by Gasteiger charge is -2.06. The first-order chi connectivity index (χ1) is 10.3. The molecule has 0 bridgehead atoms. The van der Waals surface area contributed by atoms with E-state index in [9.17, 15) is 4.79 Å². The van der Waals surface area contributed by atoms with Crippen LogP contribution in [0, 0.1) is 0 Å². The van der Waals surface area contributed by atoms with Gasteiger partial charge in [0, 0.05) is 12.4 Å². The molecule has 0 aliphatic rings. The summed E-state index contributed by atoms with van der Waals surface area (Å²) in [7, 11) is 0. The highest BCUT2D eigenvalue weighted by molar-refractivity contribution is 5.74. The molecule has 21 heavy (non-hydrogen) atoms. The molecule has 8 heteroatoms. The molecule has 0 amide bonds. The Labute approximate surface area is 117 Å². The molecular formula is C13H9N7O. The molecule has 0 radical (unpaired) electrons. The summed E-state index contributed by atoms with van der Waals surface area (Å²) in [4.78, 5) is 20.6.